The molecular weight excluding hydrogens is 300 g/mol. The SMILES string of the molecule is CCC(C)(C)n1nnnc1[C@@H](c1ccncc1)N1CCC[C@@H](C)C1. The molecule has 0 spiro atoms. The average molecular weight is 328 g/mol. The molecule has 2 aromatic heterocycles. The van der Waals surface area contributed by atoms with Crippen LogP contribution < -0.4 is 0 Å². The lowest BCUT2D eigenvalue weighted by atomic mass is 9.95. The summed E-state index contributed by atoms with van der Waals surface area (Å²) in [6, 6.07) is 4.25. The van der Waals surface area contributed by atoms with Crippen molar-refractivity contribution in [3.8, 4) is 0 Å². The number of tetrazole rings is 1. The number of hydrogen-bond acceptors (Lipinski definition) is 5. The molecule has 0 bridgehead atoms. The highest BCUT2D eigenvalue weighted by atomic mass is 15.6. The van der Waals surface area contributed by atoms with E-state index in [1.54, 1.807) is 0 Å². The topological polar surface area (TPSA) is 59.7 Å². The van der Waals surface area contributed by atoms with E-state index in [1.807, 2.05) is 17.1 Å². The molecule has 0 N–H and O–H groups in total. The molecule has 2 atom stereocenters. The minimum absolute atomic E-state index is 0.0802. The van der Waals surface area contributed by atoms with Crippen LogP contribution in [-0.4, -0.2) is 43.2 Å². The van der Waals surface area contributed by atoms with Crippen LogP contribution in [0.2, 0.25) is 0 Å². The largest absolute Gasteiger partial charge is 0.289 e. The van der Waals surface area contributed by atoms with Crippen LogP contribution in [0.4, 0.5) is 0 Å². The number of aromatic nitrogens is 5. The molecule has 0 amide bonds. The molecule has 0 aromatic carbocycles. The maximum atomic E-state index is 4.45. The fourth-order valence-electron chi connectivity index (χ4n) is 3.47. The van der Waals surface area contributed by atoms with Gasteiger partial charge in [0, 0.05) is 18.9 Å². The number of nitrogens with zero attached hydrogens (tertiary/aromatic N) is 6. The summed E-state index contributed by atoms with van der Waals surface area (Å²) in [5.41, 5.74) is 1.10. The van der Waals surface area contributed by atoms with E-state index in [0.29, 0.717) is 5.92 Å². The van der Waals surface area contributed by atoms with Gasteiger partial charge in [0.15, 0.2) is 5.82 Å². The van der Waals surface area contributed by atoms with Gasteiger partial charge in [-0.2, -0.15) is 0 Å². The van der Waals surface area contributed by atoms with E-state index in [9.17, 15) is 0 Å². The molecule has 24 heavy (non-hydrogen) atoms. The average Bonchev–Trinajstić information content (AvgIpc) is 3.06. The zero-order valence-electron chi connectivity index (χ0n) is 15.2. The van der Waals surface area contributed by atoms with Crippen molar-refractivity contribution in [3.05, 3.63) is 35.9 Å². The second-order valence-electron chi connectivity index (χ2n) is 7.54. The molecule has 6 heteroatoms. The first-order valence-corrected chi connectivity index (χ1v) is 8.95. The van der Waals surface area contributed by atoms with Crippen LogP contribution >= 0.6 is 0 Å². The summed E-state index contributed by atoms with van der Waals surface area (Å²) >= 11 is 0. The van der Waals surface area contributed by atoms with Crippen molar-refractivity contribution in [1.29, 1.82) is 0 Å². The maximum absolute atomic E-state index is 4.45. The molecule has 0 aliphatic carbocycles. The number of pyridine rings is 1. The molecule has 0 unspecified atom stereocenters. The van der Waals surface area contributed by atoms with Gasteiger partial charge in [-0.1, -0.05) is 13.8 Å². The van der Waals surface area contributed by atoms with Crippen LogP contribution in [0.25, 0.3) is 0 Å². The Morgan fingerprint density at radius 1 is 1.29 bits per heavy atom. The Morgan fingerprint density at radius 3 is 2.71 bits per heavy atom. The van der Waals surface area contributed by atoms with E-state index in [-0.39, 0.29) is 11.6 Å². The van der Waals surface area contributed by atoms with Crippen molar-refractivity contribution in [2.24, 2.45) is 5.92 Å². The summed E-state index contributed by atoms with van der Waals surface area (Å²) < 4.78 is 2.01. The van der Waals surface area contributed by atoms with Gasteiger partial charge in [-0.05, 0) is 73.7 Å². The predicted octanol–water partition coefficient (Wildman–Crippen LogP) is 3.03. The zero-order valence-corrected chi connectivity index (χ0v) is 15.2. The van der Waals surface area contributed by atoms with Crippen LogP contribution in [0.5, 0.6) is 0 Å². The first-order chi connectivity index (χ1) is 11.5. The van der Waals surface area contributed by atoms with Crippen LogP contribution in [0.15, 0.2) is 24.5 Å². The lowest BCUT2D eigenvalue weighted by molar-refractivity contribution is 0.136. The van der Waals surface area contributed by atoms with E-state index in [4.69, 9.17) is 0 Å². The third kappa shape index (κ3) is 3.34. The Hall–Kier alpha value is -1.82. The molecule has 3 heterocycles. The van der Waals surface area contributed by atoms with Crippen molar-refractivity contribution >= 4 is 0 Å². The molecule has 130 valence electrons. The third-order valence-electron chi connectivity index (χ3n) is 5.25. The summed E-state index contributed by atoms with van der Waals surface area (Å²) in [5.74, 6) is 1.63. The number of hydrogen-bond donors (Lipinski definition) is 0. The minimum atomic E-state index is -0.106. The smallest absolute Gasteiger partial charge is 0.173 e. The summed E-state index contributed by atoms with van der Waals surface area (Å²) in [7, 11) is 0. The second-order valence-corrected chi connectivity index (χ2v) is 7.54. The fourth-order valence-corrected chi connectivity index (χ4v) is 3.47. The molecular formula is C18H28N6. The van der Waals surface area contributed by atoms with Crippen molar-refractivity contribution < 1.29 is 0 Å². The monoisotopic (exact) mass is 328 g/mol. The van der Waals surface area contributed by atoms with Gasteiger partial charge in [-0.15, -0.1) is 5.10 Å². The van der Waals surface area contributed by atoms with E-state index in [2.05, 4.69) is 65.2 Å². The lowest BCUT2D eigenvalue weighted by Gasteiger charge is -2.38. The highest BCUT2D eigenvalue weighted by Gasteiger charge is 2.34. The Kier molecular flexibility index (Phi) is 4.94. The first kappa shape index (κ1) is 17.0. The number of rotatable bonds is 5. The molecule has 1 aliphatic rings. The van der Waals surface area contributed by atoms with Crippen LogP contribution in [0.3, 0.4) is 0 Å². The summed E-state index contributed by atoms with van der Waals surface area (Å²) in [6.07, 6.45) is 7.21. The van der Waals surface area contributed by atoms with Crippen LogP contribution in [0.1, 0.15) is 64.4 Å². The quantitative estimate of drug-likeness (QED) is 0.844. The molecule has 2 aromatic rings. The summed E-state index contributed by atoms with van der Waals surface area (Å²) in [5, 5.41) is 12.8. The van der Waals surface area contributed by atoms with Crippen molar-refractivity contribution in [3.63, 3.8) is 0 Å². The van der Waals surface area contributed by atoms with Gasteiger partial charge in [0.2, 0.25) is 0 Å². The van der Waals surface area contributed by atoms with Crippen LogP contribution in [0, 0.1) is 5.92 Å². The normalized spacial score (nSPS) is 20.9. The summed E-state index contributed by atoms with van der Waals surface area (Å²) in [4.78, 5) is 6.70. The van der Waals surface area contributed by atoms with Gasteiger partial charge >= 0.3 is 0 Å². The fraction of sp³-hybridized carbons (Fsp3) is 0.667. The predicted molar refractivity (Wildman–Crippen MR) is 93.5 cm³/mol. The summed E-state index contributed by atoms with van der Waals surface area (Å²) in [6.45, 7) is 11.0. The van der Waals surface area contributed by atoms with Gasteiger partial charge in [0.1, 0.15) is 0 Å². The van der Waals surface area contributed by atoms with Gasteiger partial charge in [0.05, 0.1) is 11.6 Å². The molecule has 3 rings (SSSR count). The maximum Gasteiger partial charge on any atom is 0.173 e. The van der Waals surface area contributed by atoms with Gasteiger partial charge in [0.25, 0.3) is 0 Å². The van der Waals surface area contributed by atoms with E-state index >= 15 is 0 Å². The zero-order chi connectivity index (χ0) is 17.2. The number of piperidine rings is 1. The van der Waals surface area contributed by atoms with Crippen molar-refractivity contribution in [1.82, 2.24) is 30.1 Å². The molecule has 1 saturated heterocycles. The van der Waals surface area contributed by atoms with Gasteiger partial charge in [-0.3, -0.25) is 9.88 Å². The third-order valence-corrected chi connectivity index (χ3v) is 5.25. The van der Waals surface area contributed by atoms with E-state index in [0.717, 1.165) is 25.3 Å². The van der Waals surface area contributed by atoms with Crippen molar-refractivity contribution in [2.45, 2.75) is 58.5 Å². The molecule has 1 fully saturated rings. The molecule has 0 radical (unpaired) electrons. The molecule has 0 saturated carbocycles. The van der Waals surface area contributed by atoms with Gasteiger partial charge in [-0.25, -0.2) is 4.68 Å². The van der Waals surface area contributed by atoms with E-state index < -0.39 is 0 Å². The van der Waals surface area contributed by atoms with Gasteiger partial charge < -0.3 is 0 Å². The standard InChI is InChI=1S/C18H28N6/c1-5-18(3,4)24-17(20-21-22-24)16(15-8-10-19-11-9-15)23-12-6-7-14(2)13-23/h8-11,14,16H,5-7,12-13H2,1-4H3/t14-,16-/m1/s1. The number of likely N-dealkylation sites (tertiary alicyclic amines) is 1. The van der Waals surface area contributed by atoms with E-state index in [1.165, 1.54) is 18.4 Å². The minimum Gasteiger partial charge on any atom is -0.289 e. The Labute approximate surface area is 144 Å². The Bertz CT molecular complexity index is 651. The lowest BCUT2D eigenvalue weighted by Crippen LogP contribution is -2.40. The highest BCUT2D eigenvalue weighted by Crippen LogP contribution is 2.33. The Morgan fingerprint density at radius 2 is 2.04 bits per heavy atom. The van der Waals surface area contributed by atoms with Crippen molar-refractivity contribution in [2.75, 3.05) is 13.1 Å². The van der Waals surface area contributed by atoms with Crippen LogP contribution in [-0.2, 0) is 5.54 Å². The Balaban J connectivity index is 2.05. The first-order valence-electron chi connectivity index (χ1n) is 8.95. The molecule has 6 nitrogen and oxygen atoms in total. The second kappa shape index (κ2) is 6.97. The highest BCUT2D eigenvalue weighted by molar-refractivity contribution is 5.23. The molecule has 1 aliphatic heterocycles.